The fourth-order valence-electron chi connectivity index (χ4n) is 12.8. The Balaban J connectivity index is 1.16. The van der Waals surface area contributed by atoms with Gasteiger partial charge in [-0.3, -0.25) is 0 Å². The van der Waals surface area contributed by atoms with Crippen molar-refractivity contribution in [3.8, 4) is 33.4 Å². The van der Waals surface area contributed by atoms with Gasteiger partial charge in [0.15, 0.2) is 0 Å². The summed E-state index contributed by atoms with van der Waals surface area (Å²) in [6.45, 7) is 29.8. The Morgan fingerprint density at radius 1 is 0.390 bits per heavy atom. The molecule has 3 nitrogen and oxygen atoms in total. The first-order valence-electron chi connectivity index (χ1n) is 29.4. The van der Waals surface area contributed by atoms with Crippen molar-refractivity contribution in [3.63, 3.8) is 0 Å². The van der Waals surface area contributed by atoms with E-state index < -0.39 is 0 Å². The van der Waals surface area contributed by atoms with Crippen LogP contribution in [-0.2, 0) is 21.7 Å². The Kier molecular flexibility index (Phi) is 12.7. The zero-order chi connectivity index (χ0) is 57.2. The van der Waals surface area contributed by atoms with E-state index in [-0.39, 0.29) is 28.5 Å². The molecule has 5 heteroatoms. The molecule has 0 spiro atoms. The van der Waals surface area contributed by atoms with Crippen molar-refractivity contribution in [2.45, 2.75) is 112 Å². The molecule has 13 rings (SSSR count). The van der Waals surface area contributed by atoms with Gasteiger partial charge in [0.05, 0.1) is 16.1 Å². The van der Waals surface area contributed by atoms with Crippen LogP contribution in [0.1, 0.15) is 111 Å². The second-order valence-electron chi connectivity index (χ2n) is 27.1. The highest BCUT2D eigenvalue weighted by Gasteiger charge is 2.47. The van der Waals surface area contributed by atoms with Crippen molar-refractivity contribution in [1.82, 2.24) is 0 Å². The van der Waals surface area contributed by atoms with Crippen molar-refractivity contribution in [3.05, 3.63) is 240 Å². The lowest BCUT2D eigenvalue weighted by Crippen LogP contribution is -2.61. The quantitative estimate of drug-likeness (QED) is 0.147. The van der Waals surface area contributed by atoms with Gasteiger partial charge in [0, 0.05) is 60.7 Å². The lowest BCUT2D eigenvalue weighted by Gasteiger charge is -2.46. The van der Waals surface area contributed by atoms with E-state index in [9.17, 15) is 0 Å². The number of hydrogen-bond acceptors (Lipinski definition) is 4. The monoisotopic (exact) mass is 1080 g/mol. The van der Waals surface area contributed by atoms with Crippen LogP contribution in [0, 0.1) is 6.92 Å². The number of nitrogens with zero attached hydrogens (tertiary/aromatic N) is 3. The van der Waals surface area contributed by atoms with E-state index in [0.717, 1.165) is 28.4 Å². The molecule has 11 aromatic rings. The van der Waals surface area contributed by atoms with Crippen molar-refractivity contribution in [2.75, 3.05) is 14.6 Å². The van der Waals surface area contributed by atoms with Gasteiger partial charge < -0.3 is 14.6 Å². The number of rotatable bonds is 7. The van der Waals surface area contributed by atoms with Gasteiger partial charge in [0.1, 0.15) is 0 Å². The molecule has 0 N–H and O–H groups in total. The first-order valence-corrected chi connectivity index (χ1v) is 30.2. The summed E-state index contributed by atoms with van der Waals surface area (Å²) in [6, 6.07) is 81.6. The van der Waals surface area contributed by atoms with Crippen LogP contribution in [-0.4, -0.2) is 6.85 Å². The van der Waals surface area contributed by atoms with Crippen molar-refractivity contribution >= 4 is 94.8 Å². The number of anilines is 8. The summed E-state index contributed by atoms with van der Waals surface area (Å²) in [5.41, 5.74) is 25.6. The second-order valence-corrected chi connectivity index (χ2v) is 28.2. The van der Waals surface area contributed by atoms with E-state index >= 15 is 0 Å². The van der Waals surface area contributed by atoms with Crippen molar-refractivity contribution in [2.24, 2.45) is 0 Å². The molecule has 0 amide bonds. The fourth-order valence-corrected chi connectivity index (χ4v) is 14.0. The molecule has 82 heavy (non-hydrogen) atoms. The molecule has 3 heterocycles. The summed E-state index contributed by atoms with van der Waals surface area (Å²) in [5.74, 6) is 0. The molecule has 406 valence electrons. The van der Waals surface area contributed by atoms with E-state index in [1.54, 1.807) is 0 Å². The molecule has 0 fully saturated rings. The number of hydrogen-bond donors (Lipinski definition) is 0. The predicted molar refractivity (Wildman–Crippen MR) is 358 cm³/mol. The van der Waals surface area contributed by atoms with E-state index in [2.05, 4.69) is 317 Å². The van der Waals surface area contributed by atoms with Crippen LogP contribution < -0.4 is 25.5 Å². The van der Waals surface area contributed by atoms with Gasteiger partial charge >= 0.3 is 6.85 Å². The molecule has 0 unspecified atom stereocenters. The van der Waals surface area contributed by atoms with Crippen molar-refractivity contribution in [1.29, 1.82) is 0 Å². The van der Waals surface area contributed by atoms with Crippen LogP contribution in [0.5, 0.6) is 0 Å². The van der Waals surface area contributed by atoms with Crippen LogP contribution in [0.3, 0.4) is 0 Å². The molecule has 2 aliphatic rings. The van der Waals surface area contributed by atoms with Gasteiger partial charge in [-0.05, 0) is 175 Å². The molecule has 2 aliphatic heterocycles. The highest BCUT2D eigenvalue weighted by Crippen LogP contribution is 2.54. The first kappa shape index (κ1) is 53.2. The third-order valence-corrected chi connectivity index (χ3v) is 18.6. The smallest absolute Gasteiger partial charge is 0.333 e. The third kappa shape index (κ3) is 9.13. The van der Waals surface area contributed by atoms with Gasteiger partial charge in [0.2, 0.25) is 0 Å². The lowest BCUT2D eigenvalue weighted by atomic mass is 9.43. The standard InChI is InChI=1S/C77H74BN3S/c1-49-21-17-18-24-60(49)51-45-65-64-48-59(79(56-34-27-52(28-35-56)74(2,3)4)57-36-29-53(30-37-57)75(5,6)7)40-44-68(64)81(58-38-31-54(32-39-58)76(8,9)10)78-66-42-41-62-61-25-19-20-26-70(61)82-73(62)72(66)80(69(46-51)71(65)78)67-43-33-55(77(11,12)13)47-63(67)50-22-15-14-16-23-50/h14-48H,1-13H3. The number of thiophene rings is 1. The summed E-state index contributed by atoms with van der Waals surface area (Å²) in [4.78, 5) is 7.84. The van der Waals surface area contributed by atoms with Crippen LogP contribution >= 0.6 is 11.3 Å². The Labute approximate surface area is 491 Å². The van der Waals surface area contributed by atoms with Crippen LogP contribution in [0.2, 0.25) is 0 Å². The summed E-state index contributed by atoms with van der Waals surface area (Å²) in [6.07, 6.45) is 0. The van der Waals surface area contributed by atoms with Gasteiger partial charge in [-0.15, -0.1) is 11.3 Å². The third-order valence-electron chi connectivity index (χ3n) is 17.4. The Bertz CT molecular complexity index is 4200. The SMILES string of the molecule is Cc1ccccc1-c1cc2c3c(c1)N(c1ccc(C(C)(C)C)cc1-c1ccccc1)c1c(ccc4c1sc1ccccc14)B3N(c1ccc(C(C)(C)C)cc1)c1ccc(N(c3ccc(C(C)(C)C)cc3)c3ccc(C(C)(C)C)cc3)cc1-2. The molecule has 0 bridgehead atoms. The summed E-state index contributed by atoms with van der Waals surface area (Å²) in [5, 5.41) is 2.57. The van der Waals surface area contributed by atoms with E-state index in [0.29, 0.717) is 0 Å². The molecular formula is C77H74BN3S. The summed E-state index contributed by atoms with van der Waals surface area (Å²) in [7, 11) is 0. The van der Waals surface area contributed by atoms with Crippen LogP contribution in [0.4, 0.5) is 45.5 Å². The molecule has 0 saturated heterocycles. The first-order chi connectivity index (χ1) is 39.1. The number of fused-ring (bicyclic) bond motifs is 8. The summed E-state index contributed by atoms with van der Waals surface area (Å²) >= 11 is 1.92. The van der Waals surface area contributed by atoms with Gasteiger partial charge in [0.25, 0.3) is 0 Å². The normalized spacial score (nSPS) is 13.4. The molecule has 0 aliphatic carbocycles. The lowest BCUT2D eigenvalue weighted by molar-refractivity contribution is 0.590. The van der Waals surface area contributed by atoms with E-state index in [4.69, 9.17) is 0 Å². The molecule has 0 saturated carbocycles. The maximum Gasteiger partial charge on any atom is 0.333 e. The fraction of sp³-hybridized carbons (Fsp3) is 0.221. The Morgan fingerprint density at radius 3 is 1.56 bits per heavy atom. The maximum absolute atomic E-state index is 2.69. The molecule has 1 aromatic heterocycles. The summed E-state index contributed by atoms with van der Waals surface area (Å²) < 4.78 is 2.58. The zero-order valence-electron chi connectivity index (χ0n) is 50.0. The predicted octanol–water partition coefficient (Wildman–Crippen LogP) is 21.1. The van der Waals surface area contributed by atoms with Crippen molar-refractivity contribution < 1.29 is 0 Å². The van der Waals surface area contributed by atoms with Gasteiger partial charge in [-0.25, -0.2) is 0 Å². The van der Waals surface area contributed by atoms with Crippen LogP contribution in [0.25, 0.3) is 53.6 Å². The van der Waals surface area contributed by atoms with Gasteiger partial charge in [-0.2, -0.15) is 0 Å². The minimum Gasteiger partial charge on any atom is -0.376 e. The largest absolute Gasteiger partial charge is 0.376 e. The number of benzene rings is 10. The molecule has 0 atom stereocenters. The van der Waals surface area contributed by atoms with E-state index in [1.807, 2.05) is 11.3 Å². The molecular weight excluding hydrogens is 1010 g/mol. The molecule has 0 radical (unpaired) electrons. The second kappa shape index (κ2) is 19.5. The highest BCUT2D eigenvalue weighted by atomic mass is 32.1. The molecule has 10 aromatic carbocycles. The highest BCUT2D eigenvalue weighted by molar-refractivity contribution is 7.26. The topological polar surface area (TPSA) is 9.72 Å². The Hall–Kier alpha value is -8.12. The average Bonchev–Trinajstić information content (AvgIpc) is 4.02. The number of aryl methyl sites for hydroxylation is 1. The zero-order valence-corrected chi connectivity index (χ0v) is 50.9. The van der Waals surface area contributed by atoms with Gasteiger partial charge in [-0.1, -0.05) is 210 Å². The Morgan fingerprint density at radius 2 is 0.939 bits per heavy atom. The van der Waals surface area contributed by atoms with E-state index in [1.165, 1.54) is 109 Å². The van der Waals surface area contributed by atoms with Crippen LogP contribution in [0.15, 0.2) is 212 Å². The maximum atomic E-state index is 2.69. The minimum absolute atomic E-state index is 0.0116. The average molecular weight is 1080 g/mol. The minimum atomic E-state index is -0.185.